The summed E-state index contributed by atoms with van der Waals surface area (Å²) in [6.45, 7) is 28.3. The van der Waals surface area contributed by atoms with Crippen LogP contribution in [0.3, 0.4) is 0 Å². The van der Waals surface area contributed by atoms with E-state index in [1.54, 1.807) is 0 Å². The molecular weight excluding hydrogens is 759 g/mol. The minimum Gasteiger partial charge on any atom is -1.00 e. The van der Waals surface area contributed by atoms with E-state index in [2.05, 4.69) is 180 Å². The molecule has 0 fully saturated rings. The van der Waals surface area contributed by atoms with Crippen LogP contribution in [0.4, 0.5) is 0 Å². The van der Waals surface area contributed by atoms with Gasteiger partial charge >= 0.3 is 21.7 Å². The van der Waals surface area contributed by atoms with Crippen molar-refractivity contribution in [2.24, 2.45) is 0 Å². The molecule has 4 aromatic rings. The van der Waals surface area contributed by atoms with Crippen LogP contribution in [-0.4, -0.2) is 8.07 Å². The number of hydrogen-bond acceptors (Lipinski definition) is 0. The molecule has 0 N–H and O–H groups in total. The number of allylic oxidation sites excluding steroid dienone is 4. The van der Waals surface area contributed by atoms with Crippen LogP contribution in [0.5, 0.6) is 0 Å². The van der Waals surface area contributed by atoms with Gasteiger partial charge in [-0.3, -0.25) is 6.08 Å². The summed E-state index contributed by atoms with van der Waals surface area (Å²) in [6.07, 6.45) is 8.57. The molecule has 4 aromatic carbocycles. The molecule has 5 heteroatoms. The Balaban J connectivity index is 0.00000351. The van der Waals surface area contributed by atoms with Gasteiger partial charge in [-0.05, 0) is 96.4 Å². The zero-order valence-electron chi connectivity index (χ0n) is 34.2. The summed E-state index contributed by atoms with van der Waals surface area (Å²) in [4.78, 5) is 0. The molecule has 0 amide bonds. The zero-order chi connectivity index (χ0) is 35.6. The van der Waals surface area contributed by atoms with E-state index in [0.717, 1.165) is 12.8 Å². The van der Waals surface area contributed by atoms with Crippen LogP contribution in [0, 0.1) is 6.08 Å². The van der Waals surface area contributed by atoms with Crippen LogP contribution in [0.2, 0.25) is 0 Å². The molecule has 0 aliphatic heterocycles. The Morgan fingerprint density at radius 1 is 0.472 bits per heavy atom. The van der Waals surface area contributed by atoms with Crippen LogP contribution in [0.1, 0.15) is 164 Å². The first-order valence-electron chi connectivity index (χ1n) is 19.0. The molecule has 1 aliphatic rings. The molecule has 0 bridgehead atoms. The second-order valence-electron chi connectivity index (χ2n) is 16.5. The van der Waals surface area contributed by atoms with Gasteiger partial charge in [-0.15, -0.1) is 0 Å². The van der Waals surface area contributed by atoms with Crippen molar-refractivity contribution in [3.05, 3.63) is 147 Å². The van der Waals surface area contributed by atoms with Gasteiger partial charge in [0.1, 0.15) is 0 Å². The zero-order valence-corrected chi connectivity index (χ0v) is 39.0. The van der Waals surface area contributed by atoms with Crippen LogP contribution in [0.15, 0.2) is 102 Å². The van der Waals surface area contributed by atoms with E-state index >= 15 is 0 Å². The average Bonchev–Trinajstić information content (AvgIpc) is 3.53. The van der Waals surface area contributed by atoms with E-state index in [1.807, 2.05) is 0 Å². The third-order valence-electron chi connectivity index (χ3n) is 10.8. The summed E-state index contributed by atoms with van der Waals surface area (Å²) in [5.41, 5.74) is 11.4. The van der Waals surface area contributed by atoms with Gasteiger partial charge in [-0.1, -0.05) is 174 Å². The Kier molecular flexibility index (Phi) is 19.4. The SMILES string of the molecule is CC(C)c1cc(C(C)C)cc([Si](C2=[C-]C(Cc3ccccc3)=CC2)(c2cc(C(C)C)cc(C(C)C)c2)c2cc(C(C)C)cc(C(C)C)c2)c1.[Cl-].[Cl-].[Cl-].[Ti+4]. The van der Waals surface area contributed by atoms with Gasteiger partial charge in [0.25, 0.3) is 0 Å². The summed E-state index contributed by atoms with van der Waals surface area (Å²) < 4.78 is 0. The molecule has 1 aliphatic carbocycles. The quantitative estimate of drug-likeness (QED) is 0.117. The molecule has 0 saturated heterocycles. The van der Waals surface area contributed by atoms with E-state index in [0.29, 0.717) is 35.5 Å². The van der Waals surface area contributed by atoms with Crippen molar-refractivity contribution < 1.29 is 58.9 Å². The third-order valence-corrected chi connectivity index (χ3v) is 15.5. The van der Waals surface area contributed by atoms with E-state index in [4.69, 9.17) is 0 Å². The standard InChI is InChI=1S/C48H61Si.3ClH.Ti/c1-31(2)39-22-40(32(3)4)26-46(25-39)49(47-27-41(33(5)6)23-42(28-47)34(7)8,48-29-43(35(9)10)24-44(30-48)36(11)12)45-19-18-38(21-45)20-37-16-14-13-15-17-37;;;;/h13-18,22-36H,19-20H2,1-12H3;3*1H;/q-1;;;;+4/p-3. The van der Waals surface area contributed by atoms with Crippen molar-refractivity contribution in [1.29, 1.82) is 0 Å². The minimum atomic E-state index is -2.86. The molecule has 282 valence electrons. The monoisotopic (exact) mass is 818 g/mol. The first-order valence-corrected chi connectivity index (χ1v) is 21.0. The van der Waals surface area contributed by atoms with E-state index in [-0.39, 0.29) is 58.9 Å². The predicted molar refractivity (Wildman–Crippen MR) is 218 cm³/mol. The molecule has 53 heavy (non-hydrogen) atoms. The van der Waals surface area contributed by atoms with Crippen molar-refractivity contribution >= 4 is 23.6 Å². The first-order chi connectivity index (χ1) is 23.2. The van der Waals surface area contributed by atoms with E-state index in [1.165, 1.54) is 65.3 Å². The molecule has 0 nitrogen and oxygen atoms in total. The van der Waals surface area contributed by atoms with Crippen LogP contribution in [-0.2, 0) is 28.1 Å². The molecule has 0 atom stereocenters. The molecule has 5 rings (SSSR count). The summed E-state index contributed by atoms with van der Waals surface area (Å²) >= 11 is 0. The Hall–Kier alpha value is -1.84. The number of hydrogen-bond donors (Lipinski definition) is 0. The maximum absolute atomic E-state index is 4.21. The second-order valence-corrected chi connectivity index (χ2v) is 20.4. The number of rotatable bonds is 12. The molecular formula is C48H61Cl3SiTi. The number of benzene rings is 4. The summed E-state index contributed by atoms with van der Waals surface area (Å²) in [7, 11) is -2.86. The van der Waals surface area contributed by atoms with Crippen molar-refractivity contribution in [1.82, 2.24) is 0 Å². The van der Waals surface area contributed by atoms with Crippen LogP contribution < -0.4 is 52.8 Å². The van der Waals surface area contributed by atoms with Gasteiger partial charge in [0.15, 0.2) is 8.07 Å². The summed E-state index contributed by atoms with van der Waals surface area (Å²) in [5, 5.41) is 6.06. The van der Waals surface area contributed by atoms with Crippen molar-refractivity contribution in [2.75, 3.05) is 0 Å². The van der Waals surface area contributed by atoms with Crippen molar-refractivity contribution in [3.8, 4) is 0 Å². The Morgan fingerprint density at radius 3 is 1.06 bits per heavy atom. The van der Waals surface area contributed by atoms with Crippen molar-refractivity contribution in [2.45, 2.75) is 131 Å². The van der Waals surface area contributed by atoms with Crippen LogP contribution >= 0.6 is 0 Å². The van der Waals surface area contributed by atoms with Gasteiger partial charge in [0, 0.05) is 0 Å². The molecule has 0 saturated carbocycles. The third kappa shape index (κ3) is 10.9. The summed E-state index contributed by atoms with van der Waals surface area (Å²) in [5.74, 6) is 2.66. The van der Waals surface area contributed by atoms with Gasteiger partial charge in [-0.2, -0.15) is 5.20 Å². The minimum absolute atomic E-state index is 0. The fraction of sp³-hybridized carbons (Fsp3) is 0.417. The van der Waals surface area contributed by atoms with E-state index < -0.39 is 8.07 Å². The summed E-state index contributed by atoms with van der Waals surface area (Å²) in [6, 6.07) is 34.1. The normalized spacial score (nSPS) is 12.8. The van der Waals surface area contributed by atoms with Gasteiger partial charge in [0.2, 0.25) is 0 Å². The Morgan fingerprint density at radius 2 is 0.774 bits per heavy atom. The maximum Gasteiger partial charge on any atom is 4.00 e. The van der Waals surface area contributed by atoms with E-state index in [9.17, 15) is 0 Å². The topological polar surface area (TPSA) is 0 Å². The molecule has 0 unspecified atom stereocenters. The fourth-order valence-corrected chi connectivity index (χ4v) is 12.5. The largest absolute Gasteiger partial charge is 4.00 e. The first kappa shape index (κ1) is 49.2. The Labute approximate surface area is 358 Å². The van der Waals surface area contributed by atoms with Gasteiger partial charge in [-0.25, -0.2) is 11.6 Å². The molecule has 0 radical (unpaired) electrons. The smallest absolute Gasteiger partial charge is 1.00 e. The van der Waals surface area contributed by atoms with Gasteiger partial charge in [0.05, 0.1) is 0 Å². The molecule has 0 heterocycles. The second kappa shape index (κ2) is 20.9. The molecule has 0 spiro atoms. The maximum atomic E-state index is 4.21. The Bertz CT molecular complexity index is 1600. The van der Waals surface area contributed by atoms with Crippen LogP contribution in [0.25, 0.3) is 0 Å². The fourth-order valence-electron chi connectivity index (χ4n) is 7.40. The molecule has 0 aromatic heterocycles. The van der Waals surface area contributed by atoms with Gasteiger partial charge < -0.3 is 37.2 Å². The average molecular weight is 820 g/mol. The predicted octanol–water partition coefficient (Wildman–Crippen LogP) is 2.75. The van der Waals surface area contributed by atoms with Crippen molar-refractivity contribution in [3.63, 3.8) is 0 Å². The number of halogens is 3.